The third kappa shape index (κ3) is 3.00. The molecule has 0 unspecified atom stereocenters. The number of hydrogen-bond acceptors (Lipinski definition) is 3. The van der Waals surface area contributed by atoms with Crippen LogP contribution in [0.25, 0.3) is 0 Å². The minimum atomic E-state index is -0.0325. The Labute approximate surface area is 101 Å². The first kappa shape index (κ1) is 13.1. The number of nitrogens with one attached hydrogen (secondary N) is 2. The molecular formula is C11H17ClN2O2. The van der Waals surface area contributed by atoms with E-state index in [-0.39, 0.29) is 24.4 Å². The quantitative estimate of drug-likeness (QED) is 0.829. The fourth-order valence-corrected chi connectivity index (χ4v) is 1.86. The molecule has 90 valence electrons. The lowest BCUT2D eigenvalue weighted by molar-refractivity contribution is 0.0929. The SMILES string of the molecule is Cc1occc1C(=O)N[C@H]1CCCNC1.Cl. The molecule has 0 radical (unpaired) electrons. The Morgan fingerprint density at radius 1 is 1.62 bits per heavy atom. The number of rotatable bonds is 2. The van der Waals surface area contributed by atoms with E-state index in [2.05, 4.69) is 10.6 Å². The van der Waals surface area contributed by atoms with Gasteiger partial charge in [0.1, 0.15) is 5.76 Å². The highest BCUT2D eigenvalue weighted by Crippen LogP contribution is 2.09. The first-order valence-electron chi connectivity index (χ1n) is 5.33. The van der Waals surface area contributed by atoms with Crippen LogP contribution in [0.1, 0.15) is 29.0 Å². The van der Waals surface area contributed by atoms with Crippen molar-refractivity contribution in [2.24, 2.45) is 0 Å². The van der Waals surface area contributed by atoms with Gasteiger partial charge in [0.05, 0.1) is 11.8 Å². The van der Waals surface area contributed by atoms with Crippen LogP contribution in [0.5, 0.6) is 0 Å². The van der Waals surface area contributed by atoms with Crippen molar-refractivity contribution in [3.8, 4) is 0 Å². The molecule has 0 spiro atoms. The summed E-state index contributed by atoms with van der Waals surface area (Å²) in [6.07, 6.45) is 3.72. The summed E-state index contributed by atoms with van der Waals surface area (Å²) in [5.41, 5.74) is 0.639. The van der Waals surface area contributed by atoms with Crippen LogP contribution in [-0.2, 0) is 0 Å². The Bertz CT molecular complexity index is 346. The molecule has 1 atom stereocenters. The maximum absolute atomic E-state index is 11.8. The van der Waals surface area contributed by atoms with Crippen molar-refractivity contribution in [1.82, 2.24) is 10.6 Å². The molecule has 16 heavy (non-hydrogen) atoms. The van der Waals surface area contributed by atoms with Gasteiger partial charge in [0, 0.05) is 12.6 Å². The molecule has 1 aromatic heterocycles. The number of aryl methyl sites for hydroxylation is 1. The van der Waals surface area contributed by atoms with E-state index in [0.717, 1.165) is 25.9 Å². The topological polar surface area (TPSA) is 54.3 Å². The van der Waals surface area contributed by atoms with E-state index in [4.69, 9.17) is 4.42 Å². The van der Waals surface area contributed by atoms with Gasteiger partial charge in [-0.15, -0.1) is 12.4 Å². The molecular weight excluding hydrogens is 228 g/mol. The van der Waals surface area contributed by atoms with Crippen molar-refractivity contribution >= 4 is 18.3 Å². The third-order valence-electron chi connectivity index (χ3n) is 2.74. The summed E-state index contributed by atoms with van der Waals surface area (Å²) in [6.45, 7) is 3.72. The van der Waals surface area contributed by atoms with Crippen LogP contribution >= 0.6 is 12.4 Å². The molecule has 2 N–H and O–H groups in total. The monoisotopic (exact) mass is 244 g/mol. The fourth-order valence-electron chi connectivity index (χ4n) is 1.86. The summed E-state index contributed by atoms with van der Waals surface area (Å²) in [5, 5.41) is 6.26. The van der Waals surface area contributed by atoms with E-state index in [0.29, 0.717) is 11.3 Å². The number of furan rings is 1. The van der Waals surface area contributed by atoms with Gasteiger partial charge in [0.2, 0.25) is 0 Å². The zero-order chi connectivity index (χ0) is 10.7. The minimum absolute atomic E-state index is 0. The van der Waals surface area contributed by atoms with Crippen LogP contribution in [-0.4, -0.2) is 25.0 Å². The Kier molecular flexibility index (Phi) is 4.83. The van der Waals surface area contributed by atoms with Crippen LogP contribution in [0.3, 0.4) is 0 Å². The maximum atomic E-state index is 11.8. The predicted octanol–water partition coefficient (Wildman–Crippen LogP) is 1.49. The van der Waals surface area contributed by atoms with Gasteiger partial charge in [-0.05, 0) is 32.4 Å². The average molecular weight is 245 g/mol. The number of carbonyl (C=O) groups excluding carboxylic acids is 1. The standard InChI is InChI=1S/C11H16N2O2.ClH/c1-8-10(4-6-15-8)11(14)13-9-3-2-5-12-7-9;/h4,6,9,12H,2-3,5,7H2,1H3,(H,13,14);1H/t9-;/m0./s1. The summed E-state index contributed by atoms with van der Waals surface area (Å²) < 4.78 is 5.10. The molecule has 1 aliphatic heterocycles. The summed E-state index contributed by atoms with van der Waals surface area (Å²) in [5.74, 6) is 0.645. The molecule has 1 amide bonds. The Morgan fingerprint density at radius 2 is 2.44 bits per heavy atom. The van der Waals surface area contributed by atoms with Gasteiger partial charge in [-0.2, -0.15) is 0 Å². The van der Waals surface area contributed by atoms with Gasteiger partial charge < -0.3 is 15.1 Å². The molecule has 2 heterocycles. The number of piperidine rings is 1. The molecule has 1 saturated heterocycles. The van der Waals surface area contributed by atoms with Crippen molar-refractivity contribution in [3.63, 3.8) is 0 Å². The summed E-state index contributed by atoms with van der Waals surface area (Å²) in [4.78, 5) is 11.8. The van der Waals surface area contributed by atoms with E-state index in [1.807, 2.05) is 0 Å². The van der Waals surface area contributed by atoms with Gasteiger partial charge >= 0.3 is 0 Å². The normalized spacial score (nSPS) is 19.9. The first-order chi connectivity index (χ1) is 7.27. The van der Waals surface area contributed by atoms with Crippen molar-refractivity contribution in [1.29, 1.82) is 0 Å². The van der Waals surface area contributed by atoms with E-state index in [9.17, 15) is 4.79 Å². The van der Waals surface area contributed by atoms with Gasteiger partial charge in [0.15, 0.2) is 0 Å². The average Bonchev–Trinajstić information content (AvgIpc) is 2.66. The van der Waals surface area contributed by atoms with E-state index in [1.165, 1.54) is 0 Å². The van der Waals surface area contributed by atoms with Gasteiger partial charge in [-0.3, -0.25) is 4.79 Å². The molecule has 1 fully saturated rings. The lowest BCUT2D eigenvalue weighted by atomic mass is 10.1. The van der Waals surface area contributed by atoms with Crippen LogP contribution in [0, 0.1) is 6.92 Å². The van der Waals surface area contributed by atoms with Crippen molar-refractivity contribution < 1.29 is 9.21 Å². The highest BCUT2D eigenvalue weighted by molar-refractivity contribution is 5.95. The second-order valence-corrected chi connectivity index (χ2v) is 3.91. The smallest absolute Gasteiger partial charge is 0.255 e. The first-order valence-corrected chi connectivity index (χ1v) is 5.33. The van der Waals surface area contributed by atoms with Gasteiger partial charge in [-0.1, -0.05) is 0 Å². The Balaban J connectivity index is 0.00000128. The number of carbonyl (C=O) groups is 1. The van der Waals surface area contributed by atoms with Gasteiger partial charge in [0.25, 0.3) is 5.91 Å². The van der Waals surface area contributed by atoms with E-state index >= 15 is 0 Å². The summed E-state index contributed by atoms with van der Waals surface area (Å²) in [6, 6.07) is 1.96. The zero-order valence-corrected chi connectivity index (χ0v) is 10.1. The number of hydrogen-bond donors (Lipinski definition) is 2. The summed E-state index contributed by atoms with van der Waals surface area (Å²) >= 11 is 0. The van der Waals surface area contributed by atoms with Gasteiger partial charge in [-0.25, -0.2) is 0 Å². The second kappa shape index (κ2) is 5.92. The van der Waals surface area contributed by atoms with Crippen molar-refractivity contribution in [2.45, 2.75) is 25.8 Å². The molecule has 0 aromatic carbocycles. The highest BCUT2D eigenvalue weighted by atomic mass is 35.5. The molecule has 5 heteroatoms. The second-order valence-electron chi connectivity index (χ2n) is 3.91. The molecule has 1 aromatic rings. The van der Waals surface area contributed by atoms with Crippen molar-refractivity contribution in [2.75, 3.05) is 13.1 Å². The maximum Gasteiger partial charge on any atom is 0.255 e. The van der Waals surface area contributed by atoms with Crippen LogP contribution in [0.4, 0.5) is 0 Å². The molecule has 2 rings (SSSR count). The number of halogens is 1. The zero-order valence-electron chi connectivity index (χ0n) is 9.29. The predicted molar refractivity (Wildman–Crippen MR) is 64.1 cm³/mol. The Hall–Kier alpha value is -1.00. The molecule has 1 aliphatic rings. The summed E-state index contributed by atoms with van der Waals surface area (Å²) in [7, 11) is 0. The third-order valence-corrected chi connectivity index (χ3v) is 2.74. The highest BCUT2D eigenvalue weighted by Gasteiger charge is 2.18. The van der Waals surface area contributed by atoms with E-state index in [1.54, 1.807) is 19.3 Å². The largest absolute Gasteiger partial charge is 0.469 e. The molecule has 0 aliphatic carbocycles. The fraction of sp³-hybridized carbons (Fsp3) is 0.545. The molecule has 0 saturated carbocycles. The number of amides is 1. The van der Waals surface area contributed by atoms with Crippen molar-refractivity contribution in [3.05, 3.63) is 23.7 Å². The van der Waals surface area contributed by atoms with Crippen LogP contribution in [0.2, 0.25) is 0 Å². The molecule has 4 nitrogen and oxygen atoms in total. The lowest BCUT2D eigenvalue weighted by Crippen LogP contribution is -2.45. The molecule has 0 bridgehead atoms. The minimum Gasteiger partial charge on any atom is -0.469 e. The van der Waals surface area contributed by atoms with Crippen LogP contribution < -0.4 is 10.6 Å². The van der Waals surface area contributed by atoms with Crippen LogP contribution in [0.15, 0.2) is 16.7 Å². The Morgan fingerprint density at radius 3 is 3.00 bits per heavy atom. The lowest BCUT2D eigenvalue weighted by Gasteiger charge is -2.23. The van der Waals surface area contributed by atoms with E-state index < -0.39 is 0 Å².